The summed E-state index contributed by atoms with van der Waals surface area (Å²) in [6.45, 7) is 4.63. The van der Waals surface area contributed by atoms with Crippen molar-refractivity contribution in [2.24, 2.45) is 0 Å². The average Bonchev–Trinajstić information content (AvgIpc) is 2.32. The van der Waals surface area contributed by atoms with Crippen LogP contribution in [0.5, 0.6) is 0 Å². The third-order valence-electron chi connectivity index (χ3n) is 2.47. The zero-order valence-electron chi connectivity index (χ0n) is 9.87. The van der Waals surface area contributed by atoms with Gasteiger partial charge >= 0.3 is 0 Å². The summed E-state index contributed by atoms with van der Waals surface area (Å²) in [7, 11) is 0. The molecule has 0 spiro atoms. The van der Waals surface area contributed by atoms with Gasteiger partial charge in [-0.15, -0.1) is 5.10 Å². The molecule has 88 valence electrons. The predicted octanol–water partition coefficient (Wildman–Crippen LogP) is 3.02. The molecule has 0 aliphatic carbocycles. The Kier molecular flexibility index (Phi) is 3.32. The maximum absolute atomic E-state index is 13.2. The Bertz CT molecular complexity index is 526. The summed E-state index contributed by atoms with van der Waals surface area (Å²) in [4.78, 5) is 0. The molecule has 0 aliphatic heterocycles. The van der Waals surface area contributed by atoms with Gasteiger partial charge < -0.3 is 5.32 Å². The van der Waals surface area contributed by atoms with E-state index in [1.54, 1.807) is 6.07 Å². The highest BCUT2D eigenvalue weighted by Gasteiger charge is 2.06. The van der Waals surface area contributed by atoms with E-state index in [1.807, 2.05) is 26.0 Å². The van der Waals surface area contributed by atoms with E-state index >= 15 is 0 Å². The number of nitrogens with zero attached hydrogens (tertiary/aromatic N) is 2. The molecule has 17 heavy (non-hydrogen) atoms. The molecule has 1 aromatic heterocycles. The molecule has 0 bridgehead atoms. The van der Waals surface area contributed by atoms with Gasteiger partial charge in [0.1, 0.15) is 11.6 Å². The number of rotatable bonds is 3. The lowest BCUT2D eigenvalue weighted by Crippen LogP contribution is -2.02. The van der Waals surface area contributed by atoms with E-state index in [4.69, 9.17) is 0 Å². The van der Waals surface area contributed by atoms with Gasteiger partial charge in [0, 0.05) is 12.1 Å². The van der Waals surface area contributed by atoms with Crippen LogP contribution in [0.1, 0.15) is 12.6 Å². The fourth-order valence-corrected chi connectivity index (χ4v) is 1.67. The summed E-state index contributed by atoms with van der Waals surface area (Å²) in [5, 5.41) is 11.2. The van der Waals surface area contributed by atoms with Gasteiger partial charge in [-0.25, -0.2) is 4.39 Å². The van der Waals surface area contributed by atoms with Crippen molar-refractivity contribution in [2.45, 2.75) is 13.8 Å². The SMILES string of the molecule is CCNc1cc(-c2cccc(F)c2)c(C)nn1. The molecule has 1 N–H and O–H groups in total. The average molecular weight is 231 g/mol. The molecule has 4 heteroatoms. The van der Waals surface area contributed by atoms with Gasteiger partial charge in [0.25, 0.3) is 0 Å². The Morgan fingerprint density at radius 3 is 2.76 bits per heavy atom. The van der Waals surface area contributed by atoms with Crippen molar-refractivity contribution in [1.29, 1.82) is 0 Å². The second-order valence-corrected chi connectivity index (χ2v) is 3.77. The Labute approximate surface area is 99.7 Å². The van der Waals surface area contributed by atoms with E-state index in [9.17, 15) is 4.39 Å². The van der Waals surface area contributed by atoms with Crippen LogP contribution in [0.15, 0.2) is 30.3 Å². The van der Waals surface area contributed by atoms with Crippen LogP contribution in [0.3, 0.4) is 0 Å². The molecule has 0 saturated heterocycles. The van der Waals surface area contributed by atoms with Crippen LogP contribution in [0.25, 0.3) is 11.1 Å². The normalized spacial score (nSPS) is 10.3. The van der Waals surface area contributed by atoms with Gasteiger partial charge in [-0.1, -0.05) is 12.1 Å². The quantitative estimate of drug-likeness (QED) is 0.882. The molecule has 0 radical (unpaired) electrons. The Morgan fingerprint density at radius 1 is 1.24 bits per heavy atom. The molecule has 1 heterocycles. The molecule has 0 unspecified atom stereocenters. The molecule has 0 saturated carbocycles. The predicted molar refractivity (Wildman–Crippen MR) is 66.3 cm³/mol. The van der Waals surface area contributed by atoms with Gasteiger partial charge in [-0.2, -0.15) is 5.10 Å². The van der Waals surface area contributed by atoms with Gasteiger partial charge in [0.05, 0.1) is 5.69 Å². The first kappa shape index (κ1) is 11.5. The number of hydrogen-bond acceptors (Lipinski definition) is 3. The molecule has 0 amide bonds. The van der Waals surface area contributed by atoms with Crippen LogP contribution in [-0.2, 0) is 0 Å². The van der Waals surface area contributed by atoms with E-state index in [1.165, 1.54) is 12.1 Å². The minimum Gasteiger partial charge on any atom is -0.369 e. The lowest BCUT2D eigenvalue weighted by molar-refractivity contribution is 0.628. The largest absolute Gasteiger partial charge is 0.369 e. The lowest BCUT2D eigenvalue weighted by Gasteiger charge is -2.08. The first-order valence-corrected chi connectivity index (χ1v) is 5.55. The molecule has 0 fully saturated rings. The van der Waals surface area contributed by atoms with Crippen molar-refractivity contribution in [3.63, 3.8) is 0 Å². The summed E-state index contributed by atoms with van der Waals surface area (Å²) >= 11 is 0. The highest BCUT2D eigenvalue weighted by Crippen LogP contribution is 2.24. The third kappa shape index (κ3) is 2.58. The van der Waals surface area contributed by atoms with Crippen LogP contribution in [0, 0.1) is 12.7 Å². The second-order valence-electron chi connectivity index (χ2n) is 3.77. The maximum Gasteiger partial charge on any atom is 0.149 e. The second kappa shape index (κ2) is 4.91. The number of nitrogens with one attached hydrogen (secondary N) is 1. The maximum atomic E-state index is 13.2. The fourth-order valence-electron chi connectivity index (χ4n) is 1.67. The molecule has 1 aromatic carbocycles. The highest BCUT2D eigenvalue weighted by atomic mass is 19.1. The van der Waals surface area contributed by atoms with Crippen LogP contribution >= 0.6 is 0 Å². The van der Waals surface area contributed by atoms with Crippen LogP contribution in [0.4, 0.5) is 10.2 Å². The summed E-state index contributed by atoms with van der Waals surface area (Å²) in [6, 6.07) is 8.37. The number of aryl methyl sites for hydroxylation is 1. The fraction of sp³-hybridized carbons (Fsp3) is 0.231. The Hall–Kier alpha value is -1.97. The summed E-state index contributed by atoms with van der Waals surface area (Å²) in [5.74, 6) is 0.459. The highest BCUT2D eigenvalue weighted by molar-refractivity contribution is 5.68. The number of benzene rings is 1. The number of aromatic nitrogens is 2. The topological polar surface area (TPSA) is 37.8 Å². The molecule has 2 aromatic rings. The van der Waals surface area contributed by atoms with Crippen molar-refractivity contribution < 1.29 is 4.39 Å². The van der Waals surface area contributed by atoms with Crippen molar-refractivity contribution in [2.75, 3.05) is 11.9 Å². The van der Waals surface area contributed by atoms with Gasteiger partial charge in [0.2, 0.25) is 0 Å². The first-order chi connectivity index (χ1) is 8.20. The van der Waals surface area contributed by atoms with E-state index in [2.05, 4.69) is 15.5 Å². The number of halogens is 1. The van der Waals surface area contributed by atoms with Crippen molar-refractivity contribution >= 4 is 5.82 Å². The summed E-state index contributed by atoms with van der Waals surface area (Å²) in [5.41, 5.74) is 2.50. The molecule has 0 aliphatic rings. The van der Waals surface area contributed by atoms with E-state index in [0.717, 1.165) is 23.4 Å². The Balaban J connectivity index is 2.46. The minimum absolute atomic E-state index is 0.247. The summed E-state index contributed by atoms with van der Waals surface area (Å²) < 4.78 is 13.2. The molecule has 0 atom stereocenters. The molecule has 3 nitrogen and oxygen atoms in total. The lowest BCUT2D eigenvalue weighted by atomic mass is 10.1. The van der Waals surface area contributed by atoms with Gasteiger partial charge in [-0.3, -0.25) is 0 Å². The summed E-state index contributed by atoms with van der Waals surface area (Å²) in [6.07, 6.45) is 0. The smallest absolute Gasteiger partial charge is 0.149 e. The van der Waals surface area contributed by atoms with E-state index < -0.39 is 0 Å². The third-order valence-corrected chi connectivity index (χ3v) is 2.47. The number of anilines is 1. The molecular weight excluding hydrogens is 217 g/mol. The van der Waals surface area contributed by atoms with Gasteiger partial charge in [-0.05, 0) is 37.6 Å². The zero-order chi connectivity index (χ0) is 12.3. The molecular formula is C13H14FN3. The minimum atomic E-state index is -0.247. The van der Waals surface area contributed by atoms with Crippen molar-refractivity contribution in [1.82, 2.24) is 10.2 Å². The Morgan fingerprint density at radius 2 is 2.06 bits per heavy atom. The van der Waals surface area contributed by atoms with Crippen LogP contribution in [-0.4, -0.2) is 16.7 Å². The molecule has 2 rings (SSSR count). The monoisotopic (exact) mass is 231 g/mol. The van der Waals surface area contributed by atoms with Crippen molar-refractivity contribution in [3.05, 3.63) is 41.8 Å². The first-order valence-electron chi connectivity index (χ1n) is 5.55. The standard InChI is InChI=1S/C13H14FN3/c1-3-15-13-8-12(9(2)16-17-13)10-5-4-6-11(14)7-10/h4-8H,3H2,1-2H3,(H,15,17). The van der Waals surface area contributed by atoms with E-state index in [-0.39, 0.29) is 5.82 Å². The zero-order valence-corrected chi connectivity index (χ0v) is 9.87. The number of hydrogen-bond donors (Lipinski definition) is 1. The van der Waals surface area contributed by atoms with Gasteiger partial charge in [0.15, 0.2) is 0 Å². The van der Waals surface area contributed by atoms with E-state index in [0.29, 0.717) is 5.82 Å². The van der Waals surface area contributed by atoms with Crippen LogP contribution < -0.4 is 5.32 Å². The van der Waals surface area contributed by atoms with Crippen molar-refractivity contribution in [3.8, 4) is 11.1 Å². The van der Waals surface area contributed by atoms with Crippen LogP contribution in [0.2, 0.25) is 0 Å².